The van der Waals surface area contributed by atoms with Crippen molar-refractivity contribution in [1.82, 2.24) is 9.97 Å². The first-order chi connectivity index (χ1) is 7.65. The maximum Gasteiger partial charge on any atom is 0.354 e. The Morgan fingerprint density at radius 3 is 2.75 bits per heavy atom. The molecule has 0 bridgehead atoms. The highest BCUT2D eigenvalue weighted by atomic mass is 16.5. The number of aryl methyl sites for hydroxylation is 1. The SMILES string of the molecule is Cc1nc(OC2CCCC2)cc(C(=O)O)n1. The molecule has 1 fully saturated rings. The van der Waals surface area contributed by atoms with Gasteiger partial charge in [-0.3, -0.25) is 0 Å². The monoisotopic (exact) mass is 222 g/mol. The van der Waals surface area contributed by atoms with Crippen molar-refractivity contribution in [1.29, 1.82) is 0 Å². The predicted octanol–water partition coefficient (Wildman–Crippen LogP) is 1.80. The lowest BCUT2D eigenvalue weighted by Crippen LogP contribution is -2.13. The van der Waals surface area contributed by atoms with Crippen LogP contribution in [0.4, 0.5) is 0 Å². The first kappa shape index (κ1) is 10.9. The van der Waals surface area contributed by atoms with Crippen molar-refractivity contribution in [2.24, 2.45) is 0 Å². The minimum atomic E-state index is -1.05. The Balaban J connectivity index is 2.16. The molecule has 1 N–H and O–H groups in total. The average molecular weight is 222 g/mol. The van der Waals surface area contributed by atoms with E-state index in [1.165, 1.54) is 18.9 Å². The van der Waals surface area contributed by atoms with Crippen molar-refractivity contribution in [2.45, 2.75) is 38.7 Å². The summed E-state index contributed by atoms with van der Waals surface area (Å²) >= 11 is 0. The quantitative estimate of drug-likeness (QED) is 0.844. The van der Waals surface area contributed by atoms with Crippen LogP contribution in [0.3, 0.4) is 0 Å². The van der Waals surface area contributed by atoms with Crippen molar-refractivity contribution in [3.63, 3.8) is 0 Å². The number of nitrogens with zero attached hydrogens (tertiary/aromatic N) is 2. The standard InChI is InChI=1S/C11H14N2O3/c1-7-12-9(11(14)15)6-10(13-7)16-8-4-2-3-5-8/h6,8H,2-5H2,1H3,(H,14,15). The largest absolute Gasteiger partial charge is 0.477 e. The Labute approximate surface area is 93.5 Å². The highest BCUT2D eigenvalue weighted by Crippen LogP contribution is 2.23. The van der Waals surface area contributed by atoms with Crippen molar-refractivity contribution < 1.29 is 14.6 Å². The molecular formula is C11H14N2O3. The first-order valence-corrected chi connectivity index (χ1v) is 5.41. The predicted molar refractivity (Wildman–Crippen MR) is 56.6 cm³/mol. The molecule has 0 unspecified atom stereocenters. The second-order valence-electron chi connectivity index (χ2n) is 3.97. The van der Waals surface area contributed by atoms with E-state index in [9.17, 15) is 4.79 Å². The lowest BCUT2D eigenvalue weighted by atomic mass is 10.3. The summed E-state index contributed by atoms with van der Waals surface area (Å²) in [5, 5.41) is 8.85. The van der Waals surface area contributed by atoms with Gasteiger partial charge in [0, 0.05) is 6.07 Å². The Morgan fingerprint density at radius 1 is 1.44 bits per heavy atom. The summed E-state index contributed by atoms with van der Waals surface area (Å²) in [4.78, 5) is 18.7. The van der Waals surface area contributed by atoms with Crippen LogP contribution in [0.15, 0.2) is 6.07 Å². The molecule has 86 valence electrons. The van der Waals surface area contributed by atoms with E-state index in [-0.39, 0.29) is 11.8 Å². The molecule has 1 aromatic rings. The number of rotatable bonds is 3. The smallest absolute Gasteiger partial charge is 0.354 e. The number of ether oxygens (including phenoxy) is 1. The van der Waals surface area contributed by atoms with Crippen LogP contribution in [0.5, 0.6) is 5.88 Å². The number of aromatic carboxylic acids is 1. The Bertz CT molecular complexity index is 400. The van der Waals surface area contributed by atoms with E-state index in [1.54, 1.807) is 6.92 Å². The fourth-order valence-corrected chi connectivity index (χ4v) is 1.89. The van der Waals surface area contributed by atoms with Crippen LogP contribution >= 0.6 is 0 Å². The fraction of sp³-hybridized carbons (Fsp3) is 0.545. The van der Waals surface area contributed by atoms with Gasteiger partial charge in [-0.15, -0.1) is 0 Å². The molecule has 1 saturated carbocycles. The molecule has 1 heterocycles. The van der Waals surface area contributed by atoms with Gasteiger partial charge < -0.3 is 9.84 Å². The lowest BCUT2D eigenvalue weighted by Gasteiger charge is -2.12. The maximum atomic E-state index is 10.8. The Hall–Kier alpha value is -1.65. The van der Waals surface area contributed by atoms with Crippen LogP contribution < -0.4 is 4.74 Å². The summed E-state index contributed by atoms with van der Waals surface area (Å²) in [5.41, 5.74) is -0.0134. The second-order valence-corrected chi connectivity index (χ2v) is 3.97. The van der Waals surface area contributed by atoms with Crippen LogP contribution in [0, 0.1) is 6.92 Å². The van der Waals surface area contributed by atoms with Gasteiger partial charge in [0.15, 0.2) is 5.69 Å². The third-order valence-electron chi connectivity index (χ3n) is 2.62. The third-order valence-corrected chi connectivity index (χ3v) is 2.62. The molecule has 0 radical (unpaired) electrons. The summed E-state index contributed by atoms with van der Waals surface area (Å²) in [7, 11) is 0. The van der Waals surface area contributed by atoms with Gasteiger partial charge in [0.2, 0.25) is 5.88 Å². The molecule has 0 saturated heterocycles. The molecular weight excluding hydrogens is 208 g/mol. The van der Waals surface area contributed by atoms with Crippen molar-refractivity contribution in [3.05, 3.63) is 17.6 Å². The zero-order valence-electron chi connectivity index (χ0n) is 9.14. The van der Waals surface area contributed by atoms with Gasteiger partial charge in [-0.2, -0.15) is 4.98 Å². The van der Waals surface area contributed by atoms with E-state index >= 15 is 0 Å². The summed E-state index contributed by atoms with van der Waals surface area (Å²) < 4.78 is 5.63. The maximum absolute atomic E-state index is 10.8. The van der Waals surface area contributed by atoms with E-state index in [0.717, 1.165) is 12.8 Å². The number of aromatic nitrogens is 2. The average Bonchev–Trinajstić information content (AvgIpc) is 2.69. The number of carbonyl (C=O) groups is 1. The molecule has 5 nitrogen and oxygen atoms in total. The van der Waals surface area contributed by atoms with Crippen LogP contribution in [0.2, 0.25) is 0 Å². The van der Waals surface area contributed by atoms with Gasteiger partial charge >= 0.3 is 5.97 Å². The van der Waals surface area contributed by atoms with Gasteiger partial charge in [-0.1, -0.05) is 0 Å². The number of hydrogen-bond donors (Lipinski definition) is 1. The highest BCUT2D eigenvalue weighted by molar-refractivity contribution is 5.85. The Morgan fingerprint density at radius 2 is 2.12 bits per heavy atom. The minimum Gasteiger partial charge on any atom is -0.477 e. The molecule has 5 heteroatoms. The zero-order chi connectivity index (χ0) is 11.5. The molecule has 0 amide bonds. The normalized spacial score (nSPS) is 16.3. The van der Waals surface area contributed by atoms with E-state index in [2.05, 4.69) is 9.97 Å². The first-order valence-electron chi connectivity index (χ1n) is 5.41. The summed E-state index contributed by atoms with van der Waals surface area (Å²) in [6.07, 6.45) is 4.55. The van der Waals surface area contributed by atoms with Crippen molar-refractivity contribution in [2.75, 3.05) is 0 Å². The molecule has 0 aliphatic heterocycles. The van der Waals surface area contributed by atoms with E-state index in [1.807, 2.05) is 0 Å². The van der Waals surface area contributed by atoms with Crippen LogP contribution in [0.25, 0.3) is 0 Å². The Kier molecular flexibility index (Phi) is 3.03. The van der Waals surface area contributed by atoms with Gasteiger partial charge in [-0.05, 0) is 32.6 Å². The minimum absolute atomic E-state index is 0.0134. The second kappa shape index (κ2) is 4.47. The molecule has 0 atom stereocenters. The zero-order valence-corrected chi connectivity index (χ0v) is 9.14. The topological polar surface area (TPSA) is 72.3 Å². The van der Waals surface area contributed by atoms with E-state index in [4.69, 9.17) is 9.84 Å². The lowest BCUT2D eigenvalue weighted by molar-refractivity contribution is 0.0688. The van der Waals surface area contributed by atoms with Crippen LogP contribution in [0.1, 0.15) is 42.0 Å². The van der Waals surface area contributed by atoms with Gasteiger partial charge in [0.05, 0.1) is 0 Å². The van der Waals surface area contributed by atoms with Crippen LogP contribution in [-0.4, -0.2) is 27.1 Å². The molecule has 1 aromatic heterocycles. The summed E-state index contributed by atoms with van der Waals surface area (Å²) in [6, 6.07) is 1.38. The molecule has 16 heavy (non-hydrogen) atoms. The van der Waals surface area contributed by atoms with Crippen molar-refractivity contribution in [3.8, 4) is 5.88 Å². The fourth-order valence-electron chi connectivity index (χ4n) is 1.89. The van der Waals surface area contributed by atoms with Gasteiger partial charge in [0.25, 0.3) is 0 Å². The van der Waals surface area contributed by atoms with Gasteiger partial charge in [-0.25, -0.2) is 9.78 Å². The van der Waals surface area contributed by atoms with E-state index < -0.39 is 5.97 Å². The van der Waals surface area contributed by atoms with Crippen molar-refractivity contribution >= 4 is 5.97 Å². The molecule has 1 aliphatic rings. The molecule has 1 aliphatic carbocycles. The summed E-state index contributed by atoms with van der Waals surface area (Å²) in [5.74, 6) is -0.258. The summed E-state index contributed by atoms with van der Waals surface area (Å²) in [6.45, 7) is 1.66. The number of carboxylic acids is 1. The number of carboxylic acid groups (broad SMARTS) is 1. The molecule has 0 aromatic carbocycles. The molecule has 0 spiro atoms. The van der Waals surface area contributed by atoms with Crippen LogP contribution in [-0.2, 0) is 0 Å². The highest BCUT2D eigenvalue weighted by Gasteiger charge is 2.18. The molecule has 2 rings (SSSR count). The van der Waals surface area contributed by atoms with Gasteiger partial charge in [0.1, 0.15) is 11.9 Å². The number of hydrogen-bond acceptors (Lipinski definition) is 4. The van der Waals surface area contributed by atoms with E-state index in [0.29, 0.717) is 11.7 Å². The third kappa shape index (κ3) is 2.48.